The molecule has 17 heavy (non-hydrogen) atoms. The molecule has 3 nitrogen and oxygen atoms in total. The molecule has 0 aliphatic heterocycles. The fourth-order valence-electron chi connectivity index (χ4n) is 1.28. The van der Waals surface area contributed by atoms with E-state index >= 15 is 0 Å². The van der Waals surface area contributed by atoms with E-state index in [4.69, 9.17) is 11.6 Å². The molecule has 0 atom stereocenters. The number of nitrogens with zero attached hydrogens (tertiary/aromatic N) is 3. The second-order valence-electron chi connectivity index (χ2n) is 3.27. The Morgan fingerprint density at radius 1 is 0.765 bits per heavy atom. The first-order valence-electron chi connectivity index (χ1n) is 5.08. The van der Waals surface area contributed by atoms with Gasteiger partial charge in [-0.15, -0.1) is 0 Å². The Morgan fingerprint density at radius 3 is 1.76 bits per heavy atom. The molecule has 0 N–H and O–H groups in total. The summed E-state index contributed by atoms with van der Waals surface area (Å²) >= 11 is 5.43. The van der Waals surface area contributed by atoms with E-state index in [0.29, 0.717) is 5.15 Å². The summed E-state index contributed by atoms with van der Waals surface area (Å²) in [6.07, 6.45) is 5.17. The van der Waals surface area contributed by atoms with Gasteiger partial charge in [-0.25, -0.2) is 4.98 Å². The summed E-state index contributed by atoms with van der Waals surface area (Å²) < 4.78 is 0. The normalized spacial score (nSPS) is 9.47. The van der Waals surface area contributed by atoms with E-state index in [1.54, 1.807) is 24.7 Å². The second-order valence-corrected chi connectivity index (χ2v) is 3.66. The topological polar surface area (TPSA) is 38.7 Å². The van der Waals surface area contributed by atoms with E-state index in [9.17, 15) is 0 Å². The Labute approximate surface area is 104 Å². The van der Waals surface area contributed by atoms with Crippen molar-refractivity contribution in [2.24, 2.45) is 0 Å². The predicted octanol–water partition coefficient (Wildman–Crippen LogP) is 3.36. The summed E-state index contributed by atoms with van der Waals surface area (Å²) in [4.78, 5) is 3.74. The van der Waals surface area contributed by atoms with Crippen LogP contribution in [0.1, 0.15) is 0 Å². The van der Waals surface area contributed by atoms with E-state index in [1.165, 1.54) is 0 Å². The molecule has 1 aromatic carbocycles. The van der Waals surface area contributed by atoms with Gasteiger partial charge in [0.05, 0.1) is 12.4 Å². The molecule has 3 aromatic rings. The first-order valence-corrected chi connectivity index (χ1v) is 5.46. The monoisotopic (exact) mass is 243 g/mol. The van der Waals surface area contributed by atoms with Gasteiger partial charge in [-0.05, 0) is 12.1 Å². The molecule has 0 bridgehead atoms. The SMILES string of the molecule is Clc1ccccn1.c1ccc2cnncc2c1. The molecule has 0 radical (unpaired) electrons. The summed E-state index contributed by atoms with van der Waals surface area (Å²) in [5.74, 6) is 0. The van der Waals surface area contributed by atoms with Gasteiger partial charge in [-0.3, -0.25) is 0 Å². The van der Waals surface area contributed by atoms with Crippen LogP contribution in [0.15, 0.2) is 61.1 Å². The van der Waals surface area contributed by atoms with Gasteiger partial charge in [0.25, 0.3) is 0 Å². The lowest BCUT2D eigenvalue weighted by Gasteiger charge is -1.90. The van der Waals surface area contributed by atoms with Crippen LogP contribution in [-0.4, -0.2) is 15.2 Å². The quantitative estimate of drug-likeness (QED) is 0.568. The largest absolute Gasteiger partial charge is 0.245 e. The van der Waals surface area contributed by atoms with Crippen LogP contribution in [0.25, 0.3) is 10.8 Å². The standard InChI is InChI=1S/C8H6N2.C5H4ClN/c1-2-4-8-6-10-9-5-7(8)3-1;6-5-3-1-2-4-7-5/h1-6H;1-4H. The van der Waals surface area contributed by atoms with Crippen LogP contribution < -0.4 is 0 Å². The first kappa shape index (κ1) is 11.5. The zero-order valence-corrected chi connectivity index (χ0v) is 9.75. The third-order valence-corrected chi connectivity index (χ3v) is 2.31. The maximum Gasteiger partial charge on any atom is 0.129 e. The summed E-state index contributed by atoms with van der Waals surface area (Å²) in [6, 6.07) is 13.4. The Kier molecular flexibility index (Phi) is 4.00. The van der Waals surface area contributed by atoms with Gasteiger partial charge >= 0.3 is 0 Å². The molecular formula is C13H10ClN3. The van der Waals surface area contributed by atoms with Gasteiger partial charge in [-0.2, -0.15) is 10.2 Å². The smallest absolute Gasteiger partial charge is 0.129 e. The molecule has 0 amide bonds. The van der Waals surface area contributed by atoms with Gasteiger partial charge in [0.2, 0.25) is 0 Å². The Bertz CT molecular complexity index is 519. The fourth-order valence-corrected chi connectivity index (χ4v) is 1.41. The second kappa shape index (κ2) is 5.92. The average Bonchev–Trinajstić information content (AvgIpc) is 2.41. The minimum Gasteiger partial charge on any atom is -0.245 e. The summed E-state index contributed by atoms with van der Waals surface area (Å²) in [5.41, 5.74) is 0. The highest BCUT2D eigenvalue weighted by atomic mass is 35.5. The van der Waals surface area contributed by atoms with Gasteiger partial charge in [0.15, 0.2) is 0 Å². The fraction of sp³-hybridized carbons (Fsp3) is 0. The average molecular weight is 244 g/mol. The number of fused-ring (bicyclic) bond motifs is 1. The van der Waals surface area contributed by atoms with Crippen molar-refractivity contribution < 1.29 is 0 Å². The van der Waals surface area contributed by atoms with Gasteiger partial charge in [-0.1, -0.05) is 41.9 Å². The third-order valence-electron chi connectivity index (χ3n) is 2.09. The predicted molar refractivity (Wildman–Crippen MR) is 68.8 cm³/mol. The number of benzene rings is 1. The molecule has 0 fully saturated rings. The van der Waals surface area contributed by atoms with Crippen LogP contribution in [0.4, 0.5) is 0 Å². The number of hydrogen-bond acceptors (Lipinski definition) is 3. The zero-order valence-electron chi connectivity index (χ0n) is 8.99. The molecule has 4 heteroatoms. The van der Waals surface area contributed by atoms with E-state index in [-0.39, 0.29) is 0 Å². The Morgan fingerprint density at radius 2 is 1.35 bits per heavy atom. The third kappa shape index (κ3) is 3.50. The van der Waals surface area contributed by atoms with Crippen molar-refractivity contribution in [1.29, 1.82) is 0 Å². The number of pyridine rings is 1. The van der Waals surface area contributed by atoms with E-state index in [1.807, 2.05) is 36.4 Å². The van der Waals surface area contributed by atoms with Crippen molar-refractivity contribution in [3.8, 4) is 0 Å². The summed E-state index contributed by atoms with van der Waals surface area (Å²) in [7, 11) is 0. The first-order chi connectivity index (χ1) is 8.36. The van der Waals surface area contributed by atoms with Crippen molar-refractivity contribution in [3.05, 3.63) is 66.2 Å². The molecule has 2 heterocycles. The van der Waals surface area contributed by atoms with Crippen molar-refractivity contribution in [2.75, 3.05) is 0 Å². The van der Waals surface area contributed by atoms with Gasteiger partial charge < -0.3 is 0 Å². The molecule has 0 aliphatic carbocycles. The maximum absolute atomic E-state index is 5.43. The van der Waals surface area contributed by atoms with Gasteiger partial charge in [0.1, 0.15) is 5.15 Å². The zero-order chi connectivity index (χ0) is 11.9. The van der Waals surface area contributed by atoms with Crippen LogP contribution in [0, 0.1) is 0 Å². The highest BCUT2D eigenvalue weighted by Gasteiger charge is 1.87. The van der Waals surface area contributed by atoms with Crippen LogP contribution in [0.5, 0.6) is 0 Å². The molecular weight excluding hydrogens is 234 g/mol. The van der Waals surface area contributed by atoms with E-state index < -0.39 is 0 Å². The van der Waals surface area contributed by atoms with Crippen LogP contribution in [-0.2, 0) is 0 Å². The van der Waals surface area contributed by atoms with Crippen molar-refractivity contribution in [1.82, 2.24) is 15.2 Å². The summed E-state index contributed by atoms with van der Waals surface area (Å²) in [5, 5.41) is 10.3. The lowest BCUT2D eigenvalue weighted by molar-refractivity contribution is 1.05. The van der Waals surface area contributed by atoms with Gasteiger partial charge in [0, 0.05) is 17.0 Å². The number of rotatable bonds is 0. The molecule has 0 unspecified atom stereocenters. The molecule has 0 aliphatic rings. The Balaban J connectivity index is 0.000000136. The molecule has 3 rings (SSSR count). The lowest BCUT2D eigenvalue weighted by Crippen LogP contribution is -1.77. The van der Waals surface area contributed by atoms with Crippen molar-refractivity contribution in [2.45, 2.75) is 0 Å². The highest BCUT2D eigenvalue weighted by Crippen LogP contribution is 2.08. The highest BCUT2D eigenvalue weighted by molar-refractivity contribution is 6.29. The van der Waals surface area contributed by atoms with E-state index in [2.05, 4.69) is 15.2 Å². The summed E-state index contributed by atoms with van der Waals surface area (Å²) in [6.45, 7) is 0. The van der Waals surface area contributed by atoms with E-state index in [0.717, 1.165) is 10.8 Å². The number of hydrogen-bond donors (Lipinski definition) is 0. The minimum absolute atomic E-state index is 0.544. The van der Waals surface area contributed by atoms with Crippen LogP contribution in [0.2, 0.25) is 5.15 Å². The molecule has 0 saturated heterocycles. The number of halogens is 1. The molecule has 2 aromatic heterocycles. The number of aromatic nitrogens is 3. The van der Waals surface area contributed by atoms with Crippen LogP contribution >= 0.6 is 11.6 Å². The lowest BCUT2D eigenvalue weighted by atomic mass is 10.2. The molecule has 0 saturated carbocycles. The molecule has 84 valence electrons. The van der Waals surface area contributed by atoms with Crippen LogP contribution in [0.3, 0.4) is 0 Å². The minimum atomic E-state index is 0.544. The van der Waals surface area contributed by atoms with Crippen molar-refractivity contribution in [3.63, 3.8) is 0 Å². The van der Waals surface area contributed by atoms with Crippen molar-refractivity contribution >= 4 is 22.4 Å². The maximum atomic E-state index is 5.43. The Hall–Kier alpha value is -2.00. The molecule has 0 spiro atoms.